The van der Waals surface area contributed by atoms with E-state index in [2.05, 4.69) is 20.2 Å². The second kappa shape index (κ2) is 11.2. The lowest BCUT2D eigenvalue weighted by molar-refractivity contribution is -0.193. The zero-order chi connectivity index (χ0) is 25.6. The Morgan fingerprint density at radius 1 is 1.09 bits per heavy atom. The van der Waals surface area contributed by atoms with Crippen molar-refractivity contribution < 1.29 is 50.9 Å². The fourth-order valence-corrected chi connectivity index (χ4v) is 3.53. The Hall–Kier alpha value is -2.68. The van der Waals surface area contributed by atoms with Crippen LogP contribution in [0.3, 0.4) is 0 Å². The highest BCUT2D eigenvalue weighted by Crippen LogP contribution is 2.38. The Labute approximate surface area is 190 Å². The molecule has 0 bridgehead atoms. The molecule has 2 atom stereocenters. The molecule has 0 aromatic carbocycles. The molecule has 1 saturated carbocycles. The SMILES string of the molecule is O=C(O)C(F)(F)F.O=C(O)C(F)(F)F.c1cnc(NC2COC3(CCN(CC4CC4)C3)C2)nc1. The van der Waals surface area contributed by atoms with E-state index in [-0.39, 0.29) is 5.60 Å². The number of halogens is 6. The first-order valence-electron chi connectivity index (χ1n) is 10.2. The lowest BCUT2D eigenvalue weighted by atomic mass is 9.97. The average Bonchev–Trinajstić information content (AvgIpc) is 3.33. The number of likely N-dealkylation sites (tertiary alicyclic amines) is 1. The molecule has 0 radical (unpaired) electrons. The van der Waals surface area contributed by atoms with Crippen molar-refractivity contribution in [2.45, 2.75) is 49.7 Å². The number of nitrogens with zero attached hydrogens (tertiary/aromatic N) is 3. The highest BCUT2D eigenvalue weighted by molar-refractivity contribution is 5.73. The van der Waals surface area contributed by atoms with Crippen molar-refractivity contribution in [2.75, 3.05) is 31.6 Å². The largest absolute Gasteiger partial charge is 0.490 e. The van der Waals surface area contributed by atoms with Gasteiger partial charge in [0.15, 0.2) is 0 Å². The average molecular weight is 502 g/mol. The maximum Gasteiger partial charge on any atom is 0.490 e. The summed E-state index contributed by atoms with van der Waals surface area (Å²) < 4.78 is 69.6. The van der Waals surface area contributed by atoms with Crippen LogP contribution in [0.5, 0.6) is 0 Å². The second-order valence-corrected chi connectivity index (χ2v) is 8.15. The van der Waals surface area contributed by atoms with Gasteiger partial charge in [0.2, 0.25) is 5.95 Å². The number of ether oxygens (including phenoxy) is 1. The molecule has 4 rings (SSSR count). The van der Waals surface area contributed by atoms with Gasteiger partial charge in [-0.3, -0.25) is 0 Å². The fraction of sp³-hybridized carbons (Fsp3) is 0.684. The Bertz CT molecular complexity index is 798. The predicted molar refractivity (Wildman–Crippen MR) is 104 cm³/mol. The highest BCUT2D eigenvalue weighted by Gasteiger charge is 2.46. The summed E-state index contributed by atoms with van der Waals surface area (Å²) in [5.41, 5.74) is 0.0847. The van der Waals surface area contributed by atoms with Crippen LogP contribution < -0.4 is 5.32 Å². The summed E-state index contributed by atoms with van der Waals surface area (Å²) >= 11 is 0. The topological polar surface area (TPSA) is 125 Å². The van der Waals surface area contributed by atoms with Crippen LogP contribution in [-0.4, -0.2) is 87.3 Å². The molecular weight excluding hydrogens is 478 g/mol. The maximum atomic E-state index is 10.6. The molecule has 1 aromatic heterocycles. The van der Waals surface area contributed by atoms with E-state index in [0.29, 0.717) is 12.0 Å². The van der Waals surface area contributed by atoms with Gasteiger partial charge < -0.3 is 25.2 Å². The van der Waals surface area contributed by atoms with E-state index >= 15 is 0 Å². The quantitative estimate of drug-likeness (QED) is 0.533. The van der Waals surface area contributed by atoms with Gasteiger partial charge in [-0.25, -0.2) is 19.6 Å². The molecule has 1 spiro atoms. The minimum atomic E-state index is -5.08. The molecule has 0 amide bonds. The van der Waals surface area contributed by atoms with E-state index in [0.717, 1.165) is 25.5 Å². The third kappa shape index (κ3) is 9.29. The van der Waals surface area contributed by atoms with E-state index in [1.54, 1.807) is 12.4 Å². The van der Waals surface area contributed by atoms with E-state index in [1.807, 2.05) is 6.07 Å². The molecule has 2 aliphatic heterocycles. The van der Waals surface area contributed by atoms with Crippen LogP contribution in [0, 0.1) is 5.92 Å². The summed E-state index contributed by atoms with van der Waals surface area (Å²) in [5, 5.41) is 17.6. The summed E-state index contributed by atoms with van der Waals surface area (Å²) in [7, 11) is 0. The minimum absolute atomic E-state index is 0.0847. The van der Waals surface area contributed by atoms with Crippen LogP contribution in [0.4, 0.5) is 32.3 Å². The van der Waals surface area contributed by atoms with Crippen LogP contribution in [0.2, 0.25) is 0 Å². The predicted octanol–water partition coefficient (Wildman–Crippen LogP) is 2.80. The first kappa shape index (κ1) is 27.6. The fourth-order valence-electron chi connectivity index (χ4n) is 3.53. The van der Waals surface area contributed by atoms with Crippen molar-refractivity contribution in [3.05, 3.63) is 18.5 Å². The van der Waals surface area contributed by atoms with Gasteiger partial charge in [0.05, 0.1) is 18.2 Å². The number of carboxylic acids is 2. The van der Waals surface area contributed by atoms with E-state index in [9.17, 15) is 26.3 Å². The number of aliphatic carboxylic acids is 2. The number of carbonyl (C=O) groups is 2. The maximum absolute atomic E-state index is 10.6. The Morgan fingerprint density at radius 2 is 1.62 bits per heavy atom. The van der Waals surface area contributed by atoms with Crippen molar-refractivity contribution in [1.29, 1.82) is 0 Å². The zero-order valence-corrected chi connectivity index (χ0v) is 17.8. The van der Waals surface area contributed by atoms with Crippen molar-refractivity contribution in [3.63, 3.8) is 0 Å². The number of carboxylic acid groups (broad SMARTS) is 2. The summed E-state index contributed by atoms with van der Waals surface area (Å²) in [4.78, 5) is 28.9. The second-order valence-electron chi connectivity index (χ2n) is 8.15. The van der Waals surface area contributed by atoms with Crippen molar-refractivity contribution in [3.8, 4) is 0 Å². The number of aromatic nitrogens is 2. The van der Waals surface area contributed by atoms with Crippen molar-refractivity contribution in [1.82, 2.24) is 14.9 Å². The van der Waals surface area contributed by atoms with E-state index in [1.165, 1.54) is 32.4 Å². The lowest BCUT2D eigenvalue weighted by Gasteiger charge is -2.23. The monoisotopic (exact) mass is 502 g/mol. The number of rotatable bonds is 4. The van der Waals surface area contributed by atoms with Gasteiger partial charge in [0.1, 0.15) is 0 Å². The Balaban J connectivity index is 0.000000244. The third-order valence-corrected chi connectivity index (χ3v) is 5.20. The van der Waals surface area contributed by atoms with Crippen molar-refractivity contribution >= 4 is 17.9 Å². The molecule has 15 heteroatoms. The standard InChI is InChI=1S/C15H22N4O.2C2HF3O2/c1-5-16-14(17-6-1)18-13-8-15(20-10-13)4-7-19(11-15)9-12-2-3-12;2*3-2(4,5)1(6)7/h1,5-6,12-13H,2-4,7-11H2,(H,16,17,18);2*(H,6,7). The minimum Gasteiger partial charge on any atom is -0.475 e. The molecule has 192 valence electrons. The van der Waals surface area contributed by atoms with Gasteiger partial charge in [-0.05, 0) is 31.2 Å². The van der Waals surface area contributed by atoms with Crippen LogP contribution >= 0.6 is 0 Å². The molecule has 3 N–H and O–H groups in total. The molecule has 2 unspecified atom stereocenters. The molecule has 9 nitrogen and oxygen atoms in total. The first-order valence-corrected chi connectivity index (χ1v) is 10.2. The molecule has 1 aromatic rings. The van der Waals surface area contributed by atoms with Crippen LogP contribution in [0.15, 0.2) is 18.5 Å². The Morgan fingerprint density at radius 3 is 2.09 bits per heavy atom. The smallest absolute Gasteiger partial charge is 0.475 e. The molecule has 1 aliphatic carbocycles. The molecule has 34 heavy (non-hydrogen) atoms. The van der Waals surface area contributed by atoms with Crippen molar-refractivity contribution in [2.24, 2.45) is 5.92 Å². The number of hydrogen-bond acceptors (Lipinski definition) is 7. The number of anilines is 1. The number of nitrogens with one attached hydrogen (secondary N) is 1. The summed E-state index contributed by atoms with van der Waals surface area (Å²) in [6, 6.07) is 2.18. The van der Waals surface area contributed by atoms with Gasteiger partial charge in [-0.1, -0.05) is 0 Å². The summed E-state index contributed by atoms with van der Waals surface area (Å²) in [6.45, 7) is 4.36. The zero-order valence-electron chi connectivity index (χ0n) is 17.8. The molecule has 3 fully saturated rings. The van der Waals surface area contributed by atoms with Gasteiger partial charge in [-0.2, -0.15) is 26.3 Å². The van der Waals surface area contributed by atoms with E-state index in [4.69, 9.17) is 24.5 Å². The molecule has 2 saturated heterocycles. The third-order valence-electron chi connectivity index (χ3n) is 5.20. The first-order chi connectivity index (χ1) is 15.7. The number of hydrogen-bond donors (Lipinski definition) is 3. The van der Waals surface area contributed by atoms with Crippen LogP contribution in [0.1, 0.15) is 25.7 Å². The summed E-state index contributed by atoms with van der Waals surface area (Å²) in [6.07, 6.45) is -1.51. The van der Waals surface area contributed by atoms with Crippen LogP contribution in [0.25, 0.3) is 0 Å². The van der Waals surface area contributed by atoms with Gasteiger partial charge in [-0.15, -0.1) is 0 Å². The lowest BCUT2D eigenvalue weighted by Crippen LogP contribution is -2.34. The van der Waals surface area contributed by atoms with Gasteiger partial charge in [0.25, 0.3) is 0 Å². The van der Waals surface area contributed by atoms with Crippen LogP contribution in [-0.2, 0) is 14.3 Å². The number of alkyl halides is 6. The van der Waals surface area contributed by atoms with Gasteiger partial charge in [0, 0.05) is 38.4 Å². The normalized spacial score (nSPS) is 24.6. The molecular formula is C19H24F6N4O5. The molecule has 3 aliphatic rings. The molecule has 3 heterocycles. The van der Waals surface area contributed by atoms with Gasteiger partial charge >= 0.3 is 24.3 Å². The highest BCUT2D eigenvalue weighted by atomic mass is 19.4. The summed E-state index contributed by atoms with van der Waals surface area (Å²) in [5.74, 6) is -3.83. The Kier molecular flexibility index (Phi) is 9.05. The van der Waals surface area contributed by atoms with E-state index < -0.39 is 24.3 Å².